The fraction of sp³-hybridized carbons (Fsp3) is 0.471. The molecule has 5 heteroatoms. The fourth-order valence-electron chi connectivity index (χ4n) is 2.81. The molecule has 0 atom stereocenters. The van der Waals surface area contributed by atoms with E-state index in [1.54, 1.807) is 13.4 Å². The maximum absolute atomic E-state index is 9.35. The van der Waals surface area contributed by atoms with Gasteiger partial charge in [-0.05, 0) is 19.4 Å². The highest BCUT2D eigenvalue weighted by molar-refractivity contribution is 5.43. The second kappa shape index (κ2) is 7.42. The Labute approximate surface area is 132 Å². The van der Waals surface area contributed by atoms with Gasteiger partial charge in [0.15, 0.2) is 0 Å². The van der Waals surface area contributed by atoms with Crippen LogP contribution < -0.4 is 4.74 Å². The summed E-state index contributed by atoms with van der Waals surface area (Å²) in [5.74, 6) is 0.929. The van der Waals surface area contributed by atoms with Gasteiger partial charge in [0.05, 0.1) is 25.7 Å². The molecule has 0 unspecified atom stereocenters. The number of hydrogen-bond acceptors (Lipinski definition) is 4. The van der Waals surface area contributed by atoms with Gasteiger partial charge in [-0.3, -0.25) is 4.90 Å². The van der Waals surface area contributed by atoms with Crippen LogP contribution in [0, 0.1) is 13.8 Å². The molecule has 1 heterocycles. The number of imidazole rings is 1. The van der Waals surface area contributed by atoms with Crippen LogP contribution in [0.25, 0.3) is 0 Å². The molecule has 0 saturated heterocycles. The molecule has 1 aromatic carbocycles. The lowest BCUT2D eigenvalue weighted by atomic mass is 10.0. The Hall–Kier alpha value is -1.85. The summed E-state index contributed by atoms with van der Waals surface area (Å²) < 4.78 is 7.57. The van der Waals surface area contributed by atoms with E-state index in [1.165, 1.54) is 5.56 Å². The van der Waals surface area contributed by atoms with E-state index >= 15 is 0 Å². The van der Waals surface area contributed by atoms with Crippen LogP contribution in [-0.2, 0) is 20.1 Å². The van der Waals surface area contributed by atoms with E-state index in [0.717, 1.165) is 35.7 Å². The summed E-state index contributed by atoms with van der Waals surface area (Å²) in [7, 11) is 3.69. The molecular weight excluding hydrogens is 278 g/mol. The van der Waals surface area contributed by atoms with E-state index in [9.17, 15) is 5.11 Å². The lowest BCUT2D eigenvalue weighted by Crippen LogP contribution is -2.27. The van der Waals surface area contributed by atoms with Gasteiger partial charge < -0.3 is 14.4 Å². The minimum atomic E-state index is 0.130. The van der Waals surface area contributed by atoms with Crippen LogP contribution in [0.5, 0.6) is 5.75 Å². The van der Waals surface area contributed by atoms with E-state index in [-0.39, 0.29) is 6.61 Å². The van der Waals surface area contributed by atoms with Gasteiger partial charge in [-0.1, -0.05) is 17.7 Å². The monoisotopic (exact) mass is 303 g/mol. The van der Waals surface area contributed by atoms with Crippen molar-refractivity contribution in [1.29, 1.82) is 0 Å². The topological polar surface area (TPSA) is 50.5 Å². The van der Waals surface area contributed by atoms with Crippen molar-refractivity contribution in [2.24, 2.45) is 7.05 Å². The smallest absolute Gasteiger partial charge is 0.126 e. The van der Waals surface area contributed by atoms with Gasteiger partial charge in [0, 0.05) is 38.4 Å². The Bertz CT molecular complexity index is 622. The first-order valence-electron chi connectivity index (χ1n) is 7.47. The van der Waals surface area contributed by atoms with Crippen molar-refractivity contribution in [3.63, 3.8) is 0 Å². The van der Waals surface area contributed by atoms with Gasteiger partial charge in [-0.25, -0.2) is 4.98 Å². The highest BCUT2D eigenvalue weighted by Gasteiger charge is 2.14. The van der Waals surface area contributed by atoms with Crippen molar-refractivity contribution >= 4 is 0 Å². The number of ether oxygens (including phenoxy) is 1. The van der Waals surface area contributed by atoms with Crippen LogP contribution in [0.4, 0.5) is 0 Å². The predicted octanol–water partition coefficient (Wildman–Crippen LogP) is 2.04. The first kappa shape index (κ1) is 16.5. The van der Waals surface area contributed by atoms with Gasteiger partial charge >= 0.3 is 0 Å². The first-order valence-corrected chi connectivity index (χ1v) is 7.47. The van der Waals surface area contributed by atoms with Crippen LogP contribution in [0.3, 0.4) is 0 Å². The molecule has 0 aliphatic carbocycles. The van der Waals surface area contributed by atoms with Gasteiger partial charge in [0.25, 0.3) is 0 Å². The molecule has 0 saturated carbocycles. The van der Waals surface area contributed by atoms with E-state index in [4.69, 9.17) is 4.74 Å². The largest absolute Gasteiger partial charge is 0.496 e. The van der Waals surface area contributed by atoms with Crippen molar-refractivity contribution in [2.75, 3.05) is 20.3 Å². The molecule has 0 fully saturated rings. The molecule has 0 spiro atoms. The summed E-state index contributed by atoms with van der Waals surface area (Å²) in [6.45, 7) is 6.37. The Morgan fingerprint density at radius 1 is 1.27 bits per heavy atom. The van der Waals surface area contributed by atoms with Crippen LogP contribution >= 0.6 is 0 Å². The van der Waals surface area contributed by atoms with Crippen LogP contribution in [0.15, 0.2) is 24.7 Å². The zero-order valence-electron chi connectivity index (χ0n) is 13.8. The minimum Gasteiger partial charge on any atom is -0.496 e. The van der Waals surface area contributed by atoms with E-state index in [1.807, 2.05) is 17.8 Å². The number of hydrogen-bond donors (Lipinski definition) is 1. The molecule has 1 N–H and O–H groups in total. The third-order valence-corrected chi connectivity index (χ3v) is 3.81. The van der Waals surface area contributed by atoms with Crippen LogP contribution in [0.2, 0.25) is 0 Å². The number of aryl methyl sites for hydroxylation is 3. The molecule has 2 aromatic rings. The van der Waals surface area contributed by atoms with Gasteiger partial charge in [-0.15, -0.1) is 0 Å². The summed E-state index contributed by atoms with van der Waals surface area (Å²) in [5, 5.41) is 9.35. The summed E-state index contributed by atoms with van der Waals surface area (Å²) in [6.07, 6.45) is 3.66. The normalized spacial score (nSPS) is 11.2. The molecule has 5 nitrogen and oxygen atoms in total. The predicted molar refractivity (Wildman–Crippen MR) is 86.9 cm³/mol. The standard InChI is InChI=1S/C17H25N3O2/c1-13-7-14(2)17(22-4)15(8-13)10-20(5-6-21)11-16-9-18-12-19(16)3/h7-9,12,21H,5-6,10-11H2,1-4H3. The Morgan fingerprint density at radius 2 is 2.05 bits per heavy atom. The average molecular weight is 303 g/mol. The number of nitrogens with zero attached hydrogens (tertiary/aromatic N) is 3. The Morgan fingerprint density at radius 3 is 2.64 bits per heavy atom. The maximum Gasteiger partial charge on any atom is 0.126 e. The molecule has 1 aromatic heterocycles. The third kappa shape index (κ3) is 3.87. The zero-order chi connectivity index (χ0) is 16.1. The lowest BCUT2D eigenvalue weighted by Gasteiger charge is -2.23. The SMILES string of the molecule is COc1c(C)cc(C)cc1CN(CCO)Cc1cncn1C. The second-order valence-electron chi connectivity index (χ2n) is 5.70. The van der Waals surface area contributed by atoms with Gasteiger partial charge in [0.1, 0.15) is 5.75 Å². The fourth-order valence-corrected chi connectivity index (χ4v) is 2.81. The van der Waals surface area contributed by atoms with Crippen molar-refractivity contribution in [1.82, 2.24) is 14.5 Å². The van der Waals surface area contributed by atoms with E-state index < -0.39 is 0 Å². The second-order valence-corrected chi connectivity index (χ2v) is 5.70. The lowest BCUT2D eigenvalue weighted by molar-refractivity contribution is 0.180. The first-order chi connectivity index (χ1) is 10.5. The number of aromatic nitrogens is 2. The summed E-state index contributed by atoms with van der Waals surface area (Å²) >= 11 is 0. The number of rotatable bonds is 7. The quantitative estimate of drug-likeness (QED) is 0.850. The molecule has 22 heavy (non-hydrogen) atoms. The molecule has 2 rings (SSSR count). The summed E-state index contributed by atoms with van der Waals surface area (Å²) in [6, 6.07) is 4.28. The van der Waals surface area contributed by atoms with Crippen molar-refractivity contribution in [3.8, 4) is 5.75 Å². The molecule has 0 radical (unpaired) electrons. The van der Waals surface area contributed by atoms with Crippen molar-refractivity contribution in [2.45, 2.75) is 26.9 Å². The molecule has 0 aliphatic heterocycles. The van der Waals surface area contributed by atoms with Gasteiger partial charge in [0.2, 0.25) is 0 Å². The van der Waals surface area contributed by atoms with Crippen molar-refractivity contribution < 1.29 is 9.84 Å². The number of aliphatic hydroxyl groups is 1. The number of benzene rings is 1. The summed E-state index contributed by atoms with van der Waals surface area (Å²) in [5.41, 5.74) is 4.63. The minimum absolute atomic E-state index is 0.130. The van der Waals surface area contributed by atoms with Crippen LogP contribution in [0.1, 0.15) is 22.4 Å². The highest BCUT2D eigenvalue weighted by atomic mass is 16.5. The molecule has 0 bridgehead atoms. The maximum atomic E-state index is 9.35. The van der Waals surface area contributed by atoms with E-state index in [0.29, 0.717) is 6.54 Å². The summed E-state index contributed by atoms with van der Waals surface area (Å²) in [4.78, 5) is 6.36. The third-order valence-electron chi connectivity index (χ3n) is 3.81. The average Bonchev–Trinajstić information content (AvgIpc) is 2.84. The highest BCUT2D eigenvalue weighted by Crippen LogP contribution is 2.26. The molecular formula is C17H25N3O2. The van der Waals surface area contributed by atoms with Crippen LogP contribution in [-0.4, -0.2) is 39.8 Å². The van der Waals surface area contributed by atoms with E-state index in [2.05, 4.69) is 35.9 Å². The Kier molecular flexibility index (Phi) is 5.57. The molecule has 0 amide bonds. The van der Waals surface area contributed by atoms with Crippen molar-refractivity contribution in [3.05, 3.63) is 47.0 Å². The van der Waals surface area contributed by atoms with Gasteiger partial charge in [-0.2, -0.15) is 0 Å². The Balaban J connectivity index is 2.22. The molecule has 0 aliphatic rings. The number of aliphatic hydroxyl groups excluding tert-OH is 1. The number of methoxy groups -OCH3 is 1. The zero-order valence-corrected chi connectivity index (χ0v) is 13.8. The molecule has 120 valence electrons.